The zero-order chi connectivity index (χ0) is 27.1. The van der Waals surface area contributed by atoms with Gasteiger partial charge in [0.1, 0.15) is 24.9 Å². The van der Waals surface area contributed by atoms with Crippen LogP contribution in [0, 0.1) is 0 Å². The van der Waals surface area contributed by atoms with Crippen LogP contribution in [0.1, 0.15) is 142 Å². The first-order chi connectivity index (χ1) is 18.0. The van der Waals surface area contributed by atoms with E-state index in [1.807, 2.05) is 0 Å². The summed E-state index contributed by atoms with van der Waals surface area (Å²) in [6, 6.07) is 0. The molecule has 1 saturated heterocycles. The maximum Gasteiger partial charge on any atom is 0.160 e. The third kappa shape index (κ3) is 17.8. The Morgan fingerprint density at radius 1 is 0.730 bits per heavy atom. The quantitative estimate of drug-likeness (QED) is 0.0915. The van der Waals surface area contributed by atoms with Gasteiger partial charge in [-0.15, -0.1) is 0 Å². The minimum Gasteiger partial charge on any atom is -0.484 e. The molecule has 0 aromatic carbocycles. The van der Waals surface area contributed by atoms with Crippen molar-refractivity contribution in [1.29, 1.82) is 0 Å². The van der Waals surface area contributed by atoms with Crippen molar-refractivity contribution in [3.8, 4) is 0 Å². The van der Waals surface area contributed by atoms with Crippen LogP contribution in [0.5, 0.6) is 0 Å². The predicted octanol–water partition coefficient (Wildman–Crippen LogP) is 8.01. The maximum atomic E-state index is 10.6. The van der Waals surface area contributed by atoms with Crippen LogP contribution in [-0.4, -0.2) is 57.9 Å². The van der Waals surface area contributed by atoms with Crippen molar-refractivity contribution >= 4 is 34.5 Å². The van der Waals surface area contributed by atoms with E-state index in [1.165, 1.54) is 89.9 Å². The van der Waals surface area contributed by atoms with Gasteiger partial charge in [-0.3, -0.25) is 0 Å². The summed E-state index contributed by atoms with van der Waals surface area (Å²) in [6.07, 6.45) is 21.0. The van der Waals surface area contributed by atoms with Crippen molar-refractivity contribution in [3.63, 3.8) is 0 Å². The largest absolute Gasteiger partial charge is 0.484 e. The van der Waals surface area contributed by atoms with Crippen LogP contribution < -0.4 is 0 Å². The van der Waals surface area contributed by atoms with Crippen molar-refractivity contribution in [2.24, 2.45) is 0 Å². The number of aliphatic hydroxyl groups excluding tert-OH is 2. The first-order valence-electron chi connectivity index (χ1n) is 15.3. The molecule has 0 radical (unpaired) electrons. The number of hydrogen-bond donors (Lipinski definition) is 2. The van der Waals surface area contributed by atoms with Crippen LogP contribution in [-0.2, 0) is 14.2 Å². The first kappa shape index (κ1) is 34.7. The van der Waals surface area contributed by atoms with E-state index < -0.39 is 24.4 Å². The van der Waals surface area contributed by atoms with Crippen LogP contribution >= 0.6 is 24.4 Å². The number of ether oxygens (including phenoxy) is 3. The van der Waals surface area contributed by atoms with Gasteiger partial charge in [-0.05, 0) is 37.3 Å². The standard InChI is InChI=1S/C30H56O5S2/c1-3-5-7-9-11-13-15-17-19-21-27(36)33-23-25(31)29-30(26(32)24-34-29)35-28(37)22-20-18-16-14-12-10-8-6-4-2/h25-26,29-32H,3-24H2,1-2H3/t25-,26+,29-,30-/m1/s1. The van der Waals surface area contributed by atoms with E-state index in [4.69, 9.17) is 38.6 Å². The van der Waals surface area contributed by atoms with Crippen molar-refractivity contribution in [2.75, 3.05) is 13.2 Å². The lowest BCUT2D eigenvalue weighted by Gasteiger charge is -2.26. The Morgan fingerprint density at radius 2 is 1.16 bits per heavy atom. The first-order valence-corrected chi connectivity index (χ1v) is 16.1. The number of unbranched alkanes of at least 4 members (excludes halogenated alkanes) is 16. The Labute approximate surface area is 238 Å². The van der Waals surface area contributed by atoms with Gasteiger partial charge < -0.3 is 24.4 Å². The van der Waals surface area contributed by atoms with Gasteiger partial charge in [0.2, 0.25) is 0 Å². The van der Waals surface area contributed by atoms with Gasteiger partial charge in [-0.2, -0.15) is 0 Å². The van der Waals surface area contributed by atoms with Gasteiger partial charge in [-0.1, -0.05) is 117 Å². The molecule has 2 N–H and O–H groups in total. The molecular formula is C30H56O5S2. The summed E-state index contributed by atoms with van der Waals surface area (Å²) in [5, 5.41) is 22.0. The highest BCUT2D eigenvalue weighted by molar-refractivity contribution is 7.80. The number of hydrogen-bond acceptors (Lipinski definition) is 7. The van der Waals surface area contributed by atoms with Gasteiger partial charge in [0.25, 0.3) is 0 Å². The lowest BCUT2D eigenvalue weighted by atomic mass is 10.1. The van der Waals surface area contributed by atoms with E-state index in [0.29, 0.717) is 16.5 Å². The molecule has 0 amide bonds. The molecule has 0 unspecified atom stereocenters. The van der Waals surface area contributed by atoms with Gasteiger partial charge in [0, 0.05) is 12.8 Å². The smallest absolute Gasteiger partial charge is 0.160 e. The zero-order valence-corrected chi connectivity index (χ0v) is 25.4. The molecule has 0 aromatic rings. The summed E-state index contributed by atoms with van der Waals surface area (Å²) in [6.45, 7) is 4.65. The molecule has 1 fully saturated rings. The van der Waals surface area contributed by atoms with Crippen LogP contribution in [0.25, 0.3) is 0 Å². The fourth-order valence-electron chi connectivity index (χ4n) is 4.81. The minimum atomic E-state index is -0.932. The van der Waals surface area contributed by atoms with Crippen molar-refractivity contribution in [1.82, 2.24) is 0 Å². The highest BCUT2D eigenvalue weighted by Crippen LogP contribution is 2.23. The predicted molar refractivity (Wildman–Crippen MR) is 161 cm³/mol. The maximum absolute atomic E-state index is 10.6. The molecule has 1 aliphatic heterocycles. The Morgan fingerprint density at radius 3 is 1.65 bits per heavy atom. The van der Waals surface area contributed by atoms with E-state index in [9.17, 15) is 10.2 Å². The highest BCUT2D eigenvalue weighted by Gasteiger charge is 2.43. The summed E-state index contributed by atoms with van der Waals surface area (Å²) >= 11 is 10.8. The Hall–Kier alpha value is -0.340. The molecule has 37 heavy (non-hydrogen) atoms. The van der Waals surface area contributed by atoms with E-state index >= 15 is 0 Å². The molecule has 1 aliphatic rings. The van der Waals surface area contributed by atoms with Crippen LogP contribution in [0.15, 0.2) is 0 Å². The second-order valence-corrected chi connectivity index (χ2v) is 11.6. The van der Waals surface area contributed by atoms with Gasteiger partial charge in [0.15, 0.2) is 16.2 Å². The minimum absolute atomic E-state index is 0.0402. The van der Waals surface area contributed by atoms with Crippen molar-refractivity contribution in [3.05, 3.63) is 0 Å². The fraction of sp³-hybridized carbons (Fsp3) is 0.933. The summed E-state index contributed by atoms with van der Waals surface area (Å²) in [5.41, 5.74) is 0. The molecule has 1 rings (SSSR count). The highest BCUT2D eigenvalue weighted by atomic mass is 32.1. The lowest BCUT2D eigenvalue weighted by molar-refractivity contribution is -0.0620. The number of thiocarbonyl (C=S) groups is 2. The SMILES string of the molecule is CCCCCCCCCCCC(=S)OC[C@@H](O)[C@H]1OC[C@H](O)[C@H]1OC(=S)CCCCCCCCCCC. The molecule has 0 spiro atoms. The van der Waals surface area contributed by atoms with E-state index in [2.05, 4.69) is 13.8 Å². The number of rotatable bonds is 24. The van der Waals surface area contributed by atoms with Crippen molar-refractivity contribution < 1.29 is 24.4 Å². The lowest BCUT2D eigenvalue weighted by Crippen LogP contribution is -2.43. The molecule has 0 aromatic heterocycles. The third-order valence-corrected chi connectivity index (χ3v) is 7.82. The van der Waals surface area contributed by atoms with Crippen molar-refractivity contribution in [2.45, 2.75) is 167 Å². The molecule has 5 nitrogen and oxygen atoms in total. The number of aliphatic hydroxyl groups is 2. The molecule has 7 heteroatoms. The van der Waals surface area contributed by atoms with E-state index in [0.717, 1.165) is 32.1 Å². The van der Waals surface area contributed by atoms with Crippen LogP contribution in [0.3, 0.4) is 0 Å². The van der Waals surface area contributed by atoms with Gasteiger partial charge in [-0.25, -0.2) is 0 Å². The zero-order valence-electron chi connectivity index (χ0n) is 23.8. The van der Waals surface area contributed by atoms with Gasteiger partial charge >= 0.3 is 0 Å². The average Bonchev–Trinajstić information content (AvgIpc) is 3.25. The van der Waals surface area contributed by atoms with Crippen LogP contribution in [0.4, 0.5) is 0 Å². The molecule has 218 valence electrons. The molecule has 0 bridgehead atoms. The van der Waals surface area contributed by atoms with Crippen LogP contribution in [0.2, 0.25) is 0 Å². The summed E-state index contributed by atoms with van der Waals surface area (Å²) in [5.74, 6) is 0. The summed E-state index contributed by atoms with van der Waals surface area (Å²) in [4.78, 5) is 0. The summed E-state index contributed by atoms with van der Waals surface area (Å²) in [7, 11) is 0. The Bertz CT molecular complexity index is 574. The monoisotopic (exact) mass is 560 g/mol. The molecule has 4 atom stereocenters. The molecular weight excluding hydrogens is 504 g/mol. The normalized spacial score (nSPS) is 20.2. The Balaban J connectivity index is 2.15. The topological polar surface area (TPSA) is 68.2 Å². The average molecular weight is 561 g/mol. The summed E-state index contributed by atoms with van der Waals surface area (Å²) < 4.78 is 17.1. The fourth-order valence-corrected chi connectivity index (χ4v) is 5.28. The molecule has 0 saturated carbocycles. The van der Waals surface area contributed by atoms with E-state index in [-0.39, 0.29) is 13.2 Å². The molecule has 1 heterocycles. The van der Waals surface area contributed by atoms with E-state index in [1.54, 1.807) is 0 Å². The van der Waals surface area contributed by atoms with Gasteiger partial charge in [0.05, 0.1) is 6.61 Å². The third-order valence-electron chi connectivity index (χ3n) is 7.19. The second-order valence-electron chi connectivity index (χ2n) is 10.7. The molecule has 0 aliphatic carbocycles. The Kier molecular flexibility index (Phi) is 22.1. The second kappa shape index (κ2) is 23.5.